The first kappa shape index (κ1) is 31.6. The Morgan fingerprint density at radius 2 is 1.67 bits per heavy atom. The van der Waals surface area contributed by atoms with Crippen LogP contribution in [-0.4, -0.2) is 61.3 Å². The summed E-state index contributed by atoms with van der Waals surface area (Å²) in [6.07, 6.45) is 0.0630. The third-order valence-electron chi connectivity index (χ3n) is 6.19. The second-order valence-corrected chi connectivity index (χ2v) is 12.7. The number of hydroxylamine groups is 2. The van der Waals surface area contributed by atoms with E-state index in [4.69, 9.17) is 53.9 Å². The molecule has 1 aliphatic heterocycles. The van der Waals surface area contributed by atoms with Crippen LogP contribution in [0.3, 0.4) is 0 Å². The Hall–Kier alpha value is -3.31. The van der Waals surface area contributed by atoms with Crippen LogP contribution >= 0.6 is 34.8 Å². The molecule has 3 aromatic rings. The SMILES string of the molecule is CC(C)(C)OC(=O)N1C[C@H](N(OCc2ccccc2)C(=O)OC(Cl)(Cl)Cl)CC[C@H]1C(=O)Oc1cccc2cccnc12. The fourth-order valence-corrected chi connectivity index (χ4v) is 4.61. The van der Waals surface area contributed by atoms with Gasteiger partial charge < -0.3 is 14.2 Å². The lowest BCUT2D eigenvalue weighted by Crippen LogP contribution is -2.58. The number of fused-ring (bicyclic) bond motifs is 1. The smallest absolute Gasteiger partial charge is 0.437 e. The number of alkyl halides is 3. The van der Waals surface area contributed by atoms with Crippen LogP contribution in [0.25, 0.3) is 10.9 Å². The Balaban J connectivity index is 1.59. The number of benzene rings is 2. The number of amides is 2. The van der Waals surface area contributed by atoms with Gasteiger partial charge in [0.15, 0.2) is 5.75 Å². The molecule has 2 atom stereocenters. The first-order chi connectivity index (χ1) is 19.8. The second-order valence-electron chi connectivity index (χ2n) is 10.5. The van der Waals surface area contributed by atoms with Crippen LogP contribution in [0, 0.1) is 0 Å². The lowest BCUT2D eigenvalue weighted by atomic mass is 9.98. The van der Waals surface area contributed by atoms with Gasteiger partial charge in [-0.1, -0.05) is 48.5 Å². The summed E-state index contributed by atoms with van der Waals surface area (Å²) in [5.41, 5.74) is 0.394. The summed E-state index contributed by atoms with van der Waals surface area (Å²) in [6, 6.07) is 16.1. The van der Waals surface area contributed by atoms with Gasteiger partial charge in [-0.05, 0) is 86.1 Å². The standard InChI is InChI=1S/C29H30Cl3N3O7/c1-28(2,3)41-26(37)34-17-21(35(27(38)42-29(30,31)32)39-18-19-9-5-4-6-10-19)14-15-22(34)25(36)40-23-13-7-11-20-12-8-16-33-24(20)23/h4-13,16,21-22H,14-15,17-18H2,1-3H3/t21-,22+/m1/s1. The normalized spacial score (nSPS) is 17.4. The number of ether oxygens (including phenoxy) is 3. The average molecular weight is 639 g/mol. The maximum absolute atomic E-state index is 13.5. The van der Waals surface area contributed by atoms with E-state index in [0.29, 0.717) is 5.52 Å². The van der Waals surface area contributed by atoms with Crippen molar-refractivity contribution in [2.24, 2.45) is 0 Å². The maximum atomic E-state index is 13.5. The molecule has 0 bridgehead atoms. The number of rotatable bonds is 6. The van der Waals surface area contributed by atoms with Gasteiger partial charge >= 0.3 is 22.1 Å². The van der Waals surface area contributed by atoms with Crippen molar-refractivity contribution in [1.82, 2.24) is 14.9 Å². The highest BCUT2D eigenvalue weighted by Crippen LogP contribution is 2.32. The molecule has 1 saturated heterocycles. The summed E-state index contributed by atoms with van der Waals surface area (Å²) in [5.74, 6) is -0.429. The second kappa shape index (κ2) is 13.3. The summed E-state index contributed by atoms with van der Waals surface area (Å²) >= 11 is 17.2. The van der Waals surface area contributed by atoms with Crippen LogP contribution in [-0.2, 0) is 25.7 Å². The number of pyridine rings is 1. The minimum absolute atomic E-state index is 0.0156. The number of aromatic nitrogens is 1. The highest BCUT2D eigenvalue weighted by molar-refractivity contribution is 6.66. The first-order valence-electron chi connectivity index (χ1n) is 13.1. The van der Waals surface area contributed by atoms with Gasteiger partial charge in [0.1, 0.15) is 23.8 Å². The zero-order valence-electron chi connectivity index (χ0n) is 23.2. The Morgan fingerprint density at radius 1 is 0.952 bits per heavy atom. The largest absolute Gasteiger partial charge is 0.444 e. The summed E-state index contributed by atoms with van der Waals surface area (Å²) in [7, 11) is 0. The number of piperidine rings is 1. The van der Waals surface area contributed by atoms with Gasteiger partial charge in [-0.3, -0.25) is 14.7 Å². The van der Waals surface area contributed by atoms with Crippen LogP contribution in [0.4, 0.5) is 9.59 Å². The van der Waals surface area contributed by atoms with Crippen molar-refractivity contribution in [3.05, 3.63) is 72.4 Å². The number of nitrogens with zero attached hydrogens (tertiary/aromatic N) is 3. The summed E-state index contributed by atoms with van der Waals surface area (Å²) in [4.78, 5) is 51.3. The molecule has 42 heavy (non-hydrogen) atoms. The van der Waals surface area contributed by atoms with Gasteiger partial charge in [-0.15, -0.1) is 0 Å². The van der Waals surface area contributed by atoms with Crippen LogP contribution < -0.4 is 4.74 Å². The first-order valence-corrected chi connectivity index (χ1v) is 14.2. The Labute approximate surface area is 258 Å². The summed E-state index contributed by atoms with van der Waals surface area (Å²) < 4.78 is 13.9. The molecule has 224 valence electrons. The van der Waals surface area contributed by atoms with Gasteiger partial charge in [0.25, 0.3) is 0 Å². The fourth-order valence-electron chi connectivity index (χ4n) is 4.41. The van der Waals surface area contributed by atoms with Crippen LogP contribution in [0.2, 0.25) is 0 Å². The molecule has 0 radical (unpaired) electrons. The third-order valence-corrected chi connectivity index (χ3v) is 6.42. The van der Waals surface area contributed by atoms with E-state index in [-0.39, 0.29) is 31.7 Å². The number of halogens is 3. The predicted octanol–water partition coefficient (Wildman–Crippen LogP) is 6.81. The molecule has 0 spiro atoms. The number of carbonyl (C=O) groups excluding carboxylic acids is 3. The molecule has 4 rings (SSSR count). The molecule has 2 amide bonds. The lowest BCUT2D eigenvalue weighted by Gasteiger charge is -2.41. The van der Waals surface area contributed by atoms with Crippen molar-refractivity contribution >= 4 is 63.9 Å². The molecule has 10 nitrogen and oxygen atoms in total. The van der Waals surface area contributed by atoms with E-state index in [1.54, 1.807) is 57.3 Å². The van der Waals surface area contributed by atoms with E-state index in [9.17, 15) is 14.4 Å². The molecular formula is C29H30Cl3N3O7. The molecule has 0 saturated carbocycles. The Kier molecular flexibility index (Phi) is 10.0. The number of hydrogen-bond acceptors (Lipinski definition) is 8. The van der Waals surface area contributed by atoms with Crippen LogP contribution in [0.15, 0.2) is 66.9 Å². The van der Waals surface area contributed by atoms with E-state index >= 15 is 0 Å². The molecule has 1 aromatic heterocycles. The van der Waals surface area contributed by atoms with Gasteiger partial charge in [-0.25, -0.2) is 14.4 Å². The van der Waals surface area contributed by atoms with Crippen molar-refractivity contribution in [2.45, 2.75) is 61.9 Å². The van der Waals surface area contributed by atoms with Gasteiger partial charge in [-0.2, -0.15) is 5.06 Å². The predicted molar refractivity (Wildman–Crippen MR) is 157 cm³/mol. The van der Waals surface area contributed by atoms with Crippen molar-refractivity contribution in [3.63, 3.8) is 0 Å². The minimum atomic E-state index is -2.36. The Morgan fingerprint density at radius 3 is 2.36 bits per heavy atom. The van der Waals surface area contributed by atoms with Gasteiger partial charge in [0.2, 0.25) is 0 Å². The molecule has 2 heterocycles. The van der Waals surface area contributed by atoms with Gasteiger partial charge in [0, 0.05) is 18.1 Å². The lowest BCUT2D eigenvalue weighted by molar-refractivity contribution is -0.184. The van der Waals surface area contributed by atoms with E-state index in [2.05, 4.69) is 4.98 Å². The molecule has 0 N–H and O–H groups in total. The molecule has 0 unspecified atom stereocenters. The number of likely N-dealkylation sites (tertiary alicyclic amines) is 1. The van der Waals surface area contributed by atoms with E-state index in [1.807, 2.05) is 30.3 Å². The van der Waals surface area contributed by atoms with Gasteiger partial charge in [0.05, 0.1) is 6.04 Å². The fraction of sp³-hybridized carbons (Fsp3) is 0.379. The summed E-state index contributed by atoms with van der Waals surface area (Å²) in [5, 5.41) is 1.71. The molecule has 0 aliphatic carbocycles. The van der Waals surface area contributed by atoms with E-state index < -0.39 is 39.8 Å². The topological polar surface area (TPSA) is 108 Å². The van der Waals surface area contributed by atoms with Crippen LogP contribution in [0.1, 0.15) is 39.2 Å². The zero-order valence-corrected chi connectivity index (χ0v) is 25.4. The van der Waals surface area contributed by atoms with E-state index in [1.165, 1.54) is 4.90 Å². The monoisotopic (exact) mass is 637 g/mol. The quantitative estimate of drug-likeness (QED) is 0.126. The van der Waals surface area contributed by atoms with Crippen molar-refractivity contribution < 1.29 is 33.4 Å². The molecule has 13 heteroatoms. The highest BCUT2D eigenvalue weighted by atomic mass is 35.6. The molecule has 2 aromatic carbocycles. The number of hydrogen-bond donors (Lipinski definition) is 0. The molecule has 1 aliphatic rings. The maximum Gasteiger partial charge on any atom is 0.437 e. The number of carbonyl (C=O) groups is 3. The third kappa shape index (κ3) is 8.61. The molecular weight excluding hydrogens is 609 g/mol. The zero-order chi connectivity index (χ0) is 30.5. The number of para-hydroxylation sites is 1. The van der Waals surface area contributed by atoms with Crippen LogP contribution in [0.5, 0.6) is 5.75 Å². The molecule has 1 fully saturated rings. The van der Waals surface area contributed by atoms with Crippen molar-refractivity contribution in [3.8, 4) is 5.75 Å². The van der Waals surface area contributed by atoms with Crippen molar-refractivity contribution in [2.75, 3.05) is 6.54 Å². The number of esters is 1. The Bertz CT molecular complexity index is 1410. The highest BCUT2D eigenvalue weighted by Gasteiger charge is 2.44. The minimum Gasteiger partial charge on any atom is -0.444 e. The average Bonchev–Trinajstić information content (AvgIpc) is 2.92. The van der Waals surface area contributed by atoms with E-state index in [0.717, 1.165) is 16.0 Å². The van der Waals surface area contributed by atoms with Crippen molar-refractivity contribution in [1.29, 1.82) is 0 Å². The summed E-state index contributed by atoms with van der Waals surface area (Å²) in [6.45, 7) is 4.93.